The molecule has 0 saturated heterocycles. The van der Waals surface area contributed by atoms with Crippen molar-refractivity contribution >= 4 is 35.1 Å². The van der Waals surface area contributed by atoms with Crippen molar-refractivity contribution in [2.24, 2.45) is 15.0 Å². The Labute approximate surface area is 209 Å². The Bertz CT molecular complexity index is 1110. The van der Waals surface area contributed by atoms with E-state index in [2.05, 4.69) is 20.3 Å². The summed E-state index contributed by atoms with van der Waals surface area (Å²) in [6.07, 6.45) is -2.04. The van der Waals surface area contributed by atoms with E-state index >= 15 is 0 Å². The first-order valence-electron chi connectivity index (χ1n) is 10.5. The molecule has 0 aromatic heterocycles. The number of carbonyl (C=O) groups is 1. The van der Waals surface area contributed by atoms with Gasteiger partial charge in [0.05, 0.1) is 33.7 Å². The molecule has 1 N–H and O–H groups in total. The number of nitrogens with zero attached hydrogens (tertiary/aromatic N) is 3. The Morgan fingerprint density at radius 2 is 1.81 bits per heavy atom. The van der Waals surface area contributed by atoms with Crippen molar-refractivity contribution in [3.63, 3.8) is 0 Å². The molecule has 1 aromatic carbocycles. The molecule has 0 spiro atoms. The molecule has 36 heavy (non-hydrogen) atoms. The summed E-state index contributed by atoms with van der Waals surface area (Å²) >= 11 is 1.07. The molecule has 0 fully saturated rings. The van der Waals surface area contributed by atoms with Crippen LogP contribution >= 0.6 is 11.8 Å². The zero-order valence-electron chi connectivity index (χ0n) is 20.3. The van der Waals surface area contributed by atoms with Crippen LogP contribution in [0.15, 0.2) is 67.6 Å². The number of aliphatic imine (C=N–C) groups is 3. The van der Waals surface area contributed by atoms with Gasteiger partial charge < -0.3 is 5.32 Å². The molecule has 1 heterocycles. The van der Waals surface area contributed by atoms with E-state index in [9.17, 15) is 31.1 Å². The van der Waals surface area contributed by atoms with E-state index < -0.39 is 23.5 Å². The number of nitrogens with one attached hydrogen (secondary N) is 1. The zero-order chi connectivity index (χ0) is 27.5. The normalized spacial score (nSPS) is 17.0. The fourth-order valence-corrected chi connectivity index (χ4v) is 3.59. The predicted molar refractivity (Wildman–Crippen MR) is 134 cm³/mol. The molecule has 0 bridgehead atoms. The Morgan fingerprint density at radius 1 is 1.14 bits per heavy atom. The van der Waals surface area contributed by atoms with Crippen molar-refractivity contribution in [1.82, 2.24) is 5.32 Å². The molecule has 0 unspecified atom stereocenters. The minimum absolute atomic E-state index is 0.0347. The van der Waals surface area contributed by atoms with Crippen molar-refractivity contribution in [3.05, 3.63) is 69.3 Å². The summed E-state index contributed by atoms with van der Waals surface area (Å²) < 4.78 is 74.0. The van der Waals surface area contributed by atoms with Crippen LogP contribution in [0.3, 0.4) is 0 Å². The van der Waals surface area contributed by atoms with Gasteiger partial charge in [0.1, 0.15) is 5.84 Å². The minimum atomic E-state index is -4.76. The van der Waals surface area contributed by atoms with E-state index in [0.717, 1.165) is 45.3 Å². The van der Waals surface area contributed by atoms with E-state index in [0.29, 0.717) is 11.9 Å². The number of likely N-dealkylation sites (N-methyl/N-ethyl adjacent to an activating group) is 1. The third-order valence-electron chi connectivity index (χ3n) is 4.76. The van der Waals surface area contributed by atoms with Gasteiger partial charge in [-0.3, -0.25) is 19.8 Å². The van der Waals surface area contributed by atoms with Gasteiger partial charge in [-0.15, -0.1) is 0 Å². The molecular formula is C24H26F6N4OS. The Hall–Kier alpha value is -3.15. The second-order valence-electron chi connectivity index (χ2n) is 6.95. The highest BCUT2D eigenvalue weighted by Gasteiger charge is 2.37. The average Bonchev–Trinajstić information content (AvgIpc) is 2.83. The number of aryl methyl sites for hydroxylation is 1. The number of hydrogen-bond donors (Lipinski definition) is 1. The predicted octanol–water partition coefficient (Wildman–Crippen LogP) is 6.31. The monoisotopic (exact) mass is 532 g/mol. The first-order chi connectivity index (χ1) is 16.9. The van der Waals surface area contributed by atoms with Crippen molar-refractivity contribution in [2.75, 3.05) is 21.1 Å². The van der Waals surface area contributed by atoms with Crippen LogP contribution in [0, 0.1) is 0 Å². The van der Waals surface area contributed by atoms with Gasteiger partial charge in [0, 0.05) is 21.1 Å². The van der Waals surface area contributed by atoms with Crippen LogP contribution in [-0.2, 0) is 23.6 Å². The fraction of sp³-hybridized carbons (Fsp3) is 0.333. The summed E-state index contributed by atoms with van der Waals surface area (Å²) in [5.41, 5.74) is 0.737. The summed E-state index contributed by atoms with van der Waals surface area (Å²) in [6, 6.07) is 1.68. The third-order valence-corrected chi connectivity index (χ3v) is 5.42. The van der Waals surface area contributed by atoms with Gasteiger partial charge in [-0.2, -0.15) is 26.3 Å². The van der Waals surface area contributed by atoms with Gasteiger partial charge >= 0.3 is 12.4 Å². The number of alkyl halides is 6. The maximum Gasteiger partial charge on any atom is 0.416 e. The van der Waals surface area contributed by atoms with Crippen LogP contribution in [0.1, 0.15) is 30.5 Å². The molecule has 0 saturated carbocycles. The summed E-state index contributed by atoms with van der Waals surface area (Å²) in [6.45, 7) is 3.41. The third kappa shape index (κ3) is 8.81. The highest BCUT2D eigenvalue weighted by Crippen LogP contribution is 2.37. The van der Waals surface area contributed by atoms with Crippen LogP contribution < -0.4 is 5.32 Å². The summed E-state index contributed by atoms with van der Waals surface area (Å²) in [4.78, 5) is 24.1. The summed E-state index contributed by atoms with van der Waals surface area (Å²) in [7, 11) is 5.16. The van der Waals surface area contributed by atoms with E-state index in [-0.39, 0.29) is 18.1 Å². The molecular weight excluding hydrogens is 506 g/mol. The van der Waals surface area contributed by atoms with Crippen molar-refractivity contribution < 1.29 is 31.1 Å². The van der Waals surface area contributed by atoms with Crippen LogP contribution in [0.4, 0.5) is 26.3 Å². The average molecular weight is 533 g/mol. The van der Waals surface area contributed by atoms with Gasteiger partial charge in [0.15, 0.2) is 5.62 Å². The standard InChI is InChI=1S/C14H18N4OS.C10H8F6/c1-5-10-6-11(18-8-12(10)15-2)7-13(20-9-19)14(16-3)17-4;1-2-6-3-4-7(9(11,12)13)5-8(6)10(14,15)16/h5-9H,1-4H3,(H,16,17);3-5H,2H2,1H3/b10-5-,13-7-,15-12?;. The maximum atomic E-state index is 12.4. The highest BCUT2D eigenvalue weighted by atomic mass is 32.2. The Kier molecular flexibility index (Phi) is 11.8. The van der Waals surface area contributed by atoms with E-state index in [1.807, 2.05) is 25.2 Å². The second kappa shape index (κ2) is 13.8. The molecule has 2 rings (SSSR count). The van der Waals surface area contributed by atoms with E-state index in [1.165, 1.54) is 6.92 Å². The van der Waals surface area contributed by atoms with Gasteiger partial charge in [-0.05, 0) is 48.8 Å². The molecule has 0 aliphatic carbocycles. The van der Waals surface area contributed by atoms with E-state index in [1.54, 1.807) is 27.4 Å². The Balaban J connectivity index is 0.000000369. The SMILES string of the molecule is C/C=C1C=C(/C=C(\SC=O)C(=NC)NC)N=CC/1=NC.CCc1ccc(C(F)(F)F)cc1C(F)(F)F. The smallest absolute Gasteiger partial charge is 0.373 e. The van der Waals surface area contributed by atoms with Crippen LogP contribution in [0.25, 0.3) is 0 Å². The number of halogens is 6. The molecule has 0 radical (unpaired) electrons. The topological polar surface area (TPSA) is 66.2 Å². The minimum Gasteiger partial charge on any atom is -0.373 e. The number of rotatable bonds is 5. The second-order valence-corrected chi connectivity index (χ2v) is 7.81. The van der Waals surface area contributed by atoms with E-state index in [4.69, 9.17) is 0 Å². The molecule has 196 valence electrons. The van der Waals surface area contributed by atoms with Crippen molar-refractivity contribution in [2.45, 2.75) is 32.6 Å². The first kappa shape index (κ1) is 30.9. The fourth-order valence-electron chi connectivity index (χ4n) is 2.99. The lowest BCUT2D eigenvalue weighted by Crippen LogP contribution is -2.19. The molecule has 1 aromatic rings. The van der Waals surface area contributed by atoms with Crippen LogP contribution in [0.2, 0.25) is 0 Å². The summed E-state index contributed by atoms with van der Waals surface area (Å²) in [5, 5.41) is 2.96. The van der Waals surface area contributed by atoms with Gasteiger partial charge in [-0.25, -0.2) is 0 Å². The zero-order valence-corrected chi connectivity index (χ0v) is 21.1. The molecule has 5 nitrogen and oxygen atoms in total. The van der Waals surface area contributed by atoms with Crippen molar-refractivity contribution in [3.8, 4) is 0 Å². The first-order valence-corrected chi connectivity index (χ1v) is 11.4. The molecule has 12 heteroatoms. The number of allylic oxidation sites excluding steroid dienone is 4. The highest BCUT2D eigenvalue weighted by molar-refractivity contribution is 8.16. The van der Waals surface area contributed by atoms with Crippen LogP contribution in [0.5, 0.6) is 0 Å². The number of amidine groups is 1. The van der Waals surface area contributed by atoms with Crippen LogP contribution in [-0.4, -0.2) is 44.5 Å². The molecule has 0 amide bonds. The number of carbonyl (C=O) groups excluding carboxylic acids is 1. The maximum absolute atomic E-state index is 12.4. The van der Waals surface area contributed by atoms with Gasteiger partial charge in [0.2, 0.25) is 0 Å². The molecule has 1 aliphatic heterocycles. The van der Waals surface area contributed by atoms with Gasteiger partial charge in [-0.1, -0.05) is 30.8 Å². The largest absolute Gasteiger partial charge is 0.416 e. The van der Waals surface area contributed by atoms with Gasteiger partial charge in [0.25, 0.3) is 0 Å². The number of thioether (sulfide) groups is 1. The summed E-state index contributed by atoms with van der Waals surface area (Å²) in [5.74, 6) is 0.648. The molecule has 0 atom stereocenters. The quantitative estimate of drug-likeness (QED) is 0.209. The Morgan fingerprint density at radius 3 is 2.25 bits per heavy atom. The lowest BCUT2D eigenvalue weighted by atomic mass is 10.0. The number of hydrogen-bond acceptors (Lipinski definition) is 5. The lowest BCUT2D eigenvalue weighted by Gasteiger charge is -2.14. The number of benzene rings is 1. The molecule has 1 aliphatic rings. The van der Waals surface area contributed by atoms with Crippen molar-refractivity contribution in [1.29, 1.82) is 0 Å². The lowest BCUT2D eigenvalue weighted by molar-refractivity contribution is -0.143.